The van der Waals surface area contributed by atoms with Crippen LogP contribution < -0.4 is 10.3 Å². The first-order chi connectivity index (χ1) is 13.0. The van der Waals surface area contributed by atoms with Gasteiger partial charge in [0.1, 0.15) is 0 Å². The molecule has 0 saturated heterocycles. The monoisotopic (exact) mass is 405 g/mol. The van der Waals surface area contributed by atoms with Gasteiger partial charge in [0.2, 0.25) is 0 Å². The summed E-state index contributed by atoms with van der Waals surface area (Å²) in [5.74, 6) is 0. The summed E-state index contributed by atoms with van der Waals surface area (Å²) in [5, 5.41) is 3.75. The molecule has 0 fully saturated rings. The highest BCUT2D eigenvalue weighted by Crippen LogP contribution is 2.34. The van der Waals surface area contributed by atoms with E-state index >= 15 is 0 Å². The van der Waals surface area contributed by atoms with Crippen molar-refractivity contribution in [2.45, 2.75) is 19.3 Å². The van der Waals surface area contributed by atoms with Crippen LogP contribution in [0.15, 0.2) is 29.5 Å². The molecule has 0 spiro atoms. The third-order valence-corrected chi connectivity index (χ3v) is 3.37. The summed E-state index contributed by atoms with van der Waals surface area (Å²) in [6, 6.07) is 0.537. The fourth-order valence-electron chi connectivity index (χ4n) is 2.26. The largest absolute Gasteiger partial charge is 0.454 e. The van der Waals surface area contributed by atoms with Crippen molar-refractivity contribution in [3.63, 3.8) is 0 Å². The van der Waals surface area contributed by atoms with E-state index in [0.717, 1.165) is 12.4 Å². The molecular weight excluding hydrogens is 396 g/mol. The van der Waals surface area contributed by atoms with Crippen molar-refractivity contribution in [2.75, 3.05) is 6.61 Å². The van der Waals surface area contributed by atoms with Crippen molar-refractivity contribution in [1.29, 1.82) is 0 Å². The summed E-state index contributed by atoms with van der Waals surface area (Å²) < 4.78 is 81.7. The number of ether oxygens (including phenoxy) is 1. The standard InChI is InChI=1S/C15H9F6N5O2/c1-7-2-9-25-11(15(19,20)21)10(12(27)26(9)24-3-7)8-4-22-13(23-5-8)28-6-14(16,17)18/h2-5H,6H2,1H3. The molecule has 0 atom stereocenters. The number of rotatable bonds is 3. The Hall–Kier alpha value is -3.25. The van der Waals surface area contributed by atoms with E-state index in [2.05, 4.69) is 24.8 Å². The molecule has 3 aromatic rings. The molecule has 0 aromatic carbocycles. The van der Waals surface area contributed by atoms with Gasteiger partial charge in [-0.25, -0.2) is 15.0 Å². The fourth-order valence-corrected chi connectivity index (χ4v) is 2.26. The SMILES string of the molecule is Cc1cnn2c(=O)c(-c3cnc(OCC(F)(F)F)nc3)c(C(F)(F)F)nc2c1. The molecule has 0 bridgehead atoms. The Morgan fingerprint density at radius 1 is 1.07 bits per heavy atom. The van der Waals surface area contributed by atoms with Gasteiger partial charge in [-0.1, -0.05) is 0 Å². The van der Waals surface area contributed by atoms with Crippen molar-refractivity contribution >= 4 is 5.65 Å². The summed E-state index contributed by atoms with van der Waals surface area (Å²) in [5.41, 5.74) is -3.73. The molecule has 0 N–H and O–H groups in total. The Kier molecular flexibility index (Phi) is 4.69. The summed E-state index contributed by atoms with van der Waals surface area (Å²) in [7, 11) is 0. The Labute approximate surface area is 151 Å². The van der Waals surface area contributed by atoms with Crippen LogP contribution >= 0.6 is 0 Å². The van der Waals surface area contributed by atoms with Gasteiger partial charge in [0, 0.05) is 18.0 Å². The maximum absolute atomic E-state index is 13.5. The van der Waals surface area contributed by atoms with Gasteiger partial charge >= 0.3 is 18.4 Å². The van der Waals surface area contributed by atoms with E-state index in [-0.39, 0.29) is 5.65 Å². The zero-order chi connectivity index (χ0) is 20.7. The number of hydrogen-bond donors (Lipinski definition) is 0. The lowest BCUT2D eigenvalue weighted by molar-refractivity contribution is -0.154. The average molecular weight is 405 g/mol. The number of nitrogens with zero attached hydrogens (tertiary/aromatic N) is 5. The molecule has 3 rings (SSSR count). The first-order valence-electron chi connectivity index (χ1n) is 7.44. The zero-order valence-corrected chi connectivity index (χ0v) is 13.8. The zero-order valence-electron chi connectivity index (χ0n) is 13.8. The van der Waals surface area contributed by atoms with Crippen LogP contribution in [0.5, 0.6) is 6.01 Å². The highest BCUT2D eigenvalue weighted by atomic mass is 19.4. The molecule has 3 heterocycles. The van der Waals surface area contributed by atoms with Crippen molar-refractivity contribution in [1.82, 2.24) is 24.6 Å². The van der Waals surface area contributed by atoms with Gasteiger partial charge in [-0.15, -0.1) is 0 Å². The van der Waals surface area contributed by atoms with Crippen LogP contribution in [0.1, 0.15) is 11.3 Å². The van der Waals surface area contributed by atoms with E-state index in [1.807, 2.05) is 0 Å². The number of halogens is 6. The van der Waals surface area contributed by atoms with Crippen molar-refractivity contribution < 1.29 is 31.1 Å². The van der Waals surface area contributed by atoms with Gasteiger partial charge in [-0.3, -0.25) is 4.79 Å². The number of aryl methyl sites for hydroxylation is 1. The average Bonchev–Trinajstić information content (AvgIpc) is 2.59. The van der Waals surface area contributed by atoms with Crippen LogP contribution in [-0.4, -0.2) is 37.3 Å². The number of fused-ring (bicyclic) bond motifs is 1. The molecule has 3 aromatic heterocycles. The van der Waals surface area contributed by atoms with E-state index in [4.69, 9.17) is 0 Å². The lowest BCUT2D eigenvalue weighted by Gasteiger charge is -2.13. The lowest BCUT2D eigenvalue weighted by Crippen LogP contribution is -2.25. The Balaban J connectivity index is 2.12. The molecule has 0 unspecified atom stereocenters. The smallest absolute Gasteiger partial charge is 0.434 e. The number of alkyl halides is 6. The van der Waals surface area contributed by atoms with Crippen molar-refractivity contribution in [3.8, 4) is 17.1 Å². The van der Waals surface area contributed by atoms with Gasteiger partial charge in [-0.2, -0.15) is 36.0 Å². The maximum Gasteiger partial charge on any atom is 0.434 e. The third-order valence-electron chi connectivity index (χ3n) is 3.37. The van der Waals surface area contributed by atoms with Crippen LogP contribution in [0.4, 0.5) is 26.3 Å². The molecule has 0 aliphatic heterocycles. The summed E-state index contributed by atoms with van der Waals surface area (Å²) in [4.78, 5) is 22.9. The van der Waals surface area contributed by atoms with Gasteiger partial charge in [-0.05, 0) is 18.6 Å². The van der Waals surface area contributed by atoms with E-state index in [9.17, 15) is 31.1 Å². The Bertz CT molecular complexity index is 1080. The van der Waals surface area contributed by atoms with Gasteiger partial charge in [0.25, 0.3) is 5.56 Å². The number of aromatic nitrogens is 5. The minimum absolute atomic E-state index is 0.313. The van der Waals surface area contributed by atoms with Crippen LogP contribution in [0, 0.1) is 6.92 Å². The number of hydrogen-bond acceptors (Lipinski definition) is 6. The summed E-state index contributed by atoms with van der Waals surface area (Å²) >= 11 is 0. The van der Waals surface area contributed by atoms with Gasteiger partial charge in [0.15, 0.2) is 17.9 Å². The minimum Gasteiger partial charge on any atom is -0.454 e. The molecule has 0 saturated carbocycles. The van der Waals surface area contributed by atoms with Gasteiger partial charge in [0.05, 0.1) is 11.8 Å². The molecule has 0 radical (unpaired) electrons. The predicted octanol–water partition coefficient (Wildman–Crippen LogP) is 2.81. The van der Waals surface area contributed by atoms with Crippen LogP contribution in [0.25, 0.3) is 16.8 Å². The molecule has 7 nitrogen and oxygen atoms in total. The molecule has 0 amide bonds. The molecule has 0 aliphatic rings. The predicted molar refractivity (Wildman–Crippen MR) is 81.6 cm³/mol. The normalized spacial score (nSPS) is 12.4. The van der Waals surface area contributed by atoms with E-state index in [1.54, 1.807) is 6.92 Å². The second kappa shape index (κ2) is 6.73. The summed E-state index contributed by atoms with van der Waals surface area (Å²) in [6.07, 6.45) is -6.88. The fraction of sp³-hybridized carbons (Fsp3) is 0.267. The second-order valence-corrected chi connectivity index (χ2v) is 5.60. The highest BCUT2D eigenvalue weighted by molar-refractivity contribution is 5.65. The Morgan fingerprint density at radius 3 is 2.29 bits per heavy atom. The molecule has 0 aliphatic carbocycles. The summed E-state index contributed by atoms with van der Waals surface area (Å²) in [6.45, 7) is -0.114. The maximum atomic E-state index is 13.5. The first kappa shape index (κ1) is 19.5. The van der Waals surface area contributed by atoms with E-state index < -0.39 is 47.4 Å². The molecular formula is C15H9F6N5O2. The topological polar surface area (TPSA) is 82.3 Å². The van der Waals surface area contributed by atoms with E-state index in [0.29, 0.717) is 10.1 Å². The quantitative estimate of drug-likeness (QED) is 0.624. The van der Waals surface area contributed by atoms with E-state index in [1.165, 1.54) is 12.3 Å². The molecule has 28 heavy (non-hydrogen) atoms. The first-order valence-corrected chi connectivity index (χ1v) is 7.44. The Morgan fingerprint density at radius 2 is 1.71 bits per heavy atom. The van der Waals surface area contributed by atoms with Crippen LogP contribution in [0.3, 0.4) is 0 Å². The van der Waals surface area contributed by atoms with Crippen molar-refractivity contribution in [3.05, 3.63) is 46.3 Å². The third kappa shape index (κ3) is 4.02. The van der Waals surface area contributed by atoms with Crippen LogP contribution in [0.2, 0.25) is 0 Å². The lowest BCUT2D eigenvalue weighted by atomic mass is 10.1. The van der Waals surface area contributed by atoms with Crippen LogP contribution in [-0.2, 0) is 6.18 Å². The highest BCUT2D eigenvalue weighted by Gasteiger charge is 2.38. The second-order valence-electron chi connectivity index (χ2n) is 5.60. The molecule has 148 valence electrons. The minimum atomic E-state index is -4.99. The van der Waals surface area contributed by atoms with Crippen molar-refractivity contribution in [2.24, 2.45) is 0 Å². The van der Waals surface area contributed by atoms with Gasteiger partial charge < -0.3 is 4.74 Å². The molecule has 13 heteroatoms.